The van der Waals surface area contributed by atoms with E-state index in [1.54, 1.807) is 0 Å². The van der Waals surface area contributed by atoms with Crippen LogP contribution in [0.1, 0.15) is 13.8 Å². The summed E-state index contributed by atoms with van der Waals surface area (Å²) in [6.07, 6.45) is -4.38. The van der Waals surface area contributed by atoms with Gasteiger partial charge in [-0.2, -0.15) is 13.2 Å². The molecule has 0 heterocycles. The zero-order valence-electron chi connectivity index (χ0n) is 7.85. The number of alkyl halides is 3. The number of rotatable bonds is 4. The molecule has 3 nitrogen and oxygen atoms in total. The number of hydrogen-bond acceptors (Lipinski definition) is 3. The van der Waals surface area contributed by atoms with Crippen molar-refractivity contribution in [2.75, 3.05) is 13.2 Å². The maximum atomic E-state index is 12.2. The molecule has 0 amide bonds. The Morgan fingerprint density at radius 2 is 1.86 bits per heavy atom. The van der Waals surface area contributed by atoms with Gasteiger partial charge in [-0.1, -0.05) is 0 Å². The second-order valence-corrected chi connectivity index (χ2v) is 2.21. The number of esters is 1. The van der Waals surface area contributed by atoms with Crippen LogP contribution in [0.15, 0.2) is 11.8 Å². The van der Waals surface area contributed by atoms with E-state index in [1.807, 2.05) is 0 Å². The fourth-order valence-electron chi connectivity index (χ4n) is 0.606. The highest BCUT2D eigenvalue weighted by atomic mass is 19.4. The minimum Gasteiger partial charge on any atom is -0.501 e. The van der Waals surface area contributed by atoms with Crippen molar-refractivity contribution >= 4 is 5.97 Å². The summed E-state index contributed by atoms with van der Waals surface area (Å²) in [4.78, 5) is 10.8. The van der Waals surface area contributed by atoms with E-state index in [0.29, 0.717) is 6.26 Å². The van der Waals surface area contributed by atoms with Crippen LogP contribution in [0.5, 0.6) is 0 Å². The normalized spacial score (nSPS) is 12.5. The van der Waals surface area contributed by atoms with E-state index >= 15 is 0 Å². The van der Waals surface area contributed by atoms with E-state index in [0.717, 1.165) is 0 Å². The van der Waals surface area contributed by atoms with Crippen molar-refractivity contribution in [3.05, 3.63) is 11.8 Å². The number of hydrogen-bond donors (Lipinski definition) is 0. The molecule has 0 aromatic heterocycles. The summed E-state index contributed by atoms with van der Waals surface area (Å²) in [5.41, 5.74) is -1.43. The zero-order chi connectivity index (χ0) is 11.2. The Hall–Kier alpha value is -1.20. The van der Waals surface area contributed by atoms with Gasteiger partial charge >= 0.3 is 12.1 Å². The predicted molar refractivity (Wildman–Crippen MR) is 42.4 cm³/mol. The van der Waals surface area contributed by atoms with Gasteiger partial charge in [-0.3, -0.25) is 0 Å². The third-order valence-corrected chi connectivity index (χ3v) is 1.17. The van der Waals surface area contributed by atoms with Crippen molar-refractivity contribution in [2.24, 2.45) is 0 Å². The van der Waals surface area contributed by atoms with Gasteiger partial charge in [0.05, 0.1) is 13.2 Å². The zero-order valence-corrected chi connectivity index (χ0v) is 7.85. The first-order valence-corrected chi connectivity index (χ1v) is 3.99. The summed E-state index contributed by atoms with van der Waals surface area (Å²) in [5, 5.41) is 0. The molecule has 0 saturated heterocycles. The maximum absolute atomic E-state index is 12.2. The van der Waals surface area contributed by atoms with Crippen molar-refractivity contribution in [3.8, 4) is 0 Å². The van der Waals surface area contributed by atoms with Crippen LogP contribution in [0.25, 0.3) is 0 Å². The lowest BCUT2D eigenvalue weighted by Gasteiger charge is -2.09. The van der Waals surface area contributed by atoms with Crippen LogP contribution in [0, 0.1) is 0 Å². The van der Waals surface area contributed by atoms with Crippen LogP contribution in [0.2, 0.25) is 0 Å². The lowest BCUT2D eigenvalue weighted by Crippen LogP contribution is -2.22. The molecular formula is C8H11F3O3. The molecule has 0 radical (unpaired) electrons. The number of carbonyl (C=O) groups is 1. The van der Waals surface area contributed by atoms with Crippen molar-refractivity contribution in [1.29, 1.82) is 0 Å². The van der Waals surface area contributed by atoms with Crippen molar-refractivity contribution in [3.63, 3.8) is 0 Å². The average Bonchev–Trinajstić information content (AvgIpc) is 2.03. The lowest BCUT2D eigenvalue weighted by molar-refractivity contribution is -0.150. The quantitative estimate of drug-likeness (QED) is 0.406. The largest absolute Gasteiger partial charge is 0.501 e. The van der Waals surface area contributed by atoms with Crippen molar-refractivity contribution in [1.82, 2.24) is 0 Å². The molecule has 82 valence electrons. The van der Waals surface area contributed by atoms with Crippen LogP contribution in [0.3, 0.4) is 0 Å². The highest BCUT2D eigenvalue weighted by Gasteiger charge is 2.40. The van der Waals surface area contributed by atoms with Crippen LogP contribution in [-0.2, 0) is 14.3 Å². The summed E-state index contributed by atoms with van der Waals surface area (Å²) in [5.74, 6) is -1.42. The second-order valence-electron chi connectivity index (χ2n) is 2.21. The molecule has 0 saturated carbocycles. The van der Waals surface area contributed by atoms with Gasteiger partial charge in [-0.15, -0.1) is 0 Å². The standard InChI is InChI=1S/C8H11F3O3/c1-3-13-5-6(8(9,10)11)7(12)14-4-2/h5H,3-4H2,1-2H3/b6-5+. The summed E-state index contributed by atoms with van der Waals surface area (Å²) < 4.78 is 45.1. The smallest absolute Gasteiger partial charge is 0.426 e. The van der Waals surface area contributed by atoms with Gasteiger partial charge < -0.3 is 9.47 Å². The Morgan fingerprint density at radius 3 is 2.21 bits per heavy atom. The van der Waals surface area contributed by atoms with Crippen LogP contribution >= 0.6 is 0 Å². The van der Waals surface area contributed by atoms with E-state index in [9.17, 15) is 18.0 Å². The third kappa shape index (κ3) is 4.15. The van der Waals surface area contributed by atoms with Gasteiger partial charge in [0.2, 0.25) is 0 Å². The molecule has 0 rings (SSSR count). The molecule has 0 fully saturated rings. The fourth-order valence-corrected chi connectivity index (χ4v) is 0.606. The highest BCUT2D eigenvalue weighted by Crippen LogP contribution is 2.26. The van der Waals surface area contributed by atoms with Gasteiger partial charge in [-0.25, -0.2) is 4.79 Å². The Labute approximate surface area is 79.5 Å². The maximum Gasteiger partial charge on any atom is 0.426 e. The first-order chi connectivity index (χ1) is 6.43. The average molecular weight is 212 g/mol. The van der Waals surface area contributed by atoms with E-state index in [2.05, 4.69) is 9.47 Å². The van der Waals surface area contributed by atoms with Crippen LogP contribution in [0.4, 0.5) is 13.2 Å². The van der Waals surface area contributed by atoms with Crippen LogP contribution in [-0.4, -0.2) is 25.4 Å². The van der Waals surface area contributed by atoms with E-state index in [4.69, 9.17) is 0 Å². The van der Waals surface area contributed by atoms with Gasteiger partial charge in [0.1, 0.15) is 6.26 Å². The summed E-state index contributed by atoms with van der Waals surface area (Å²) >= 11 is 0. The first-order valence-electron chi connectivity index (χ1n) is 3.99. The molecule has 0 N–H and O–H groups in total. The second kappa shape index (κ2) is 5.51. The van der Waals surface area contributed by atoms with Crippen molar-refractivity contribution in [2.45, 2.75) is 20.0 Å². The first kappa shape index (κ1) is 12.8. The molecule has 0 aliphatic carbocycles. The molecule has 14 heavy (non-hydrogen) atoms. The minimum atomic E-state index is -4.75. The fraction of sp³-hybridized carbons (Fsp3) is 0.625. The molecular weight excluding hydrogens is 201 g/mol. The molecule has 0 aliphatic heterocycles. The Bertz CT molecular complexity index is 220. The monoisotopic (exact) mass is 212 g/mol. The number of carbonyl (C=O) groups excluding carboxylic acids is 1. The molecule has 0 aromatic carbocycles. The van der Waals surface area contributed by atoms with Crippen molar-refractivity contribution < 1.29 is 27.4 Å². The summed E-state index contributed by atoms with van der Waals surface area (Å²) in [6.45, 7) is 2.87. The number of halogens is 3. The molecule has 0 unspecified atom stereocenters. The third-order valence-electron chi connectivity index (χ3n) is 1.17. The summed E-state index contributed by atoms with van der Waals surface area (Å²) in [6, 6.07) is 0. The van der Waals surface area contributed by atoms with E-state index in [-0.39, 0.29) is 13.2 Å². The van der Waals surface area contributed by atoms with Gasteiger partial charge in [0.15, 0.2) is 5.57 Å². The Kier molecular flexibility index (Phi) is 5.04. The van der Waals surface area contributed by atoms with Gasteiger partial charge in [-0.05, 0) is 13.8 Å². The number of ether oxygens (including phenoxy) is 2. The lowest BCUT2D eigenvalue weighted by atomic mass is 10.3. The van der Waals surface area contributed by atoms with Gasteiger partial charge in [0, 0.05) is 0 Å². The van der Waals surface area contributed by atoms with E-state index in [1.165, 1.54) is 13.8 Å². The Morgan fingerprint density at radius 1 is 1.29 bits per heavy atom. The van der Waals surface area contributed by atoms with Crippen LogP contribution < -0.4 is 0 Å². The predicted octanol–water partition coefficient (Wildman–Crippen LogP) is 2.03. The topological polar surface area (TPSA) is 35.5 Å². The molecule has 0 atom stereocenters. The Balaban J connectivity index is 4.64. The molecule has 0 bridgehead atoms. The molecule has 0 spiro atoms. The molecule has 0 aliphatic rings. The molecule has 6 heteroatoms. The van der Waals surface area contributed by atoms with Gasteiger partial charge in [0.25, 0.3) is 0 Å². The molecule has 0 aromatic rings. The van der Waals surface area contributed by atoms with E-state index < -0.39 is 17.7 Å². The SMILES string of the molecule is CCO/C=C(\C(=O)OCC)C(F)(F)F. The summed E-state index contributed by atoms with van der Waals surface area (Å²) in [7, 11) is 0. The highest BCUT2D eigenvalue weighted by molar-refractivity contribution is 5.89. The minimum absolute atomic E-state index is 0.0545.